The van der Waals surface area contributed by atoms with E-state index in [0.717, 1.165) is 0 Å². The Morgan fingerprint density at radius 1 is 0.302 bits per heavy atom. The summed E-state index contributed by atoms with van der Waals surface area (Å²) in [5.74, 6) is 0. The van der Waals surface area contributed by atoms with E-state index in [9.17, 15) is 0 Å². The maximum Gasteiger partial charge on any atom is 0.123 e. The highest BCUT2D eigenvalue weighted by atomic mass is 31.1. The third-order valence-corrected chi connectivity index (χ3v) is 14.2. The van der Waals surface area contributed by atoms with Gasteiger partial charge in [0.15, 0.2) is 0 Å². The van der Waals surface area contributed by atoms with Crippen molar-refractivity contribution in [2.75, 3.05) is 0 Å². The van der Waals surface area contributed by atoms with E-state index in [4.69, 9.17) is 0 Å². The van der Waals surface area contributed by atoms with E-state index in [2.05, 4.69) is 182 Å². The summed E-state index contributed by atoms with van der Waals surface area (Å²) in [7, 11) is -0.865. The normalized spacial score (nSPS) is 11.3. The maximum atomic E-state index is 2.37. The second-order valence-electron chi connectivity index (χ2n) is 10.3. The molecule has 0 bridgehead atoms. The second kappa shape index (κ2) is 13.0. The zero-order valence-electron chi connectivity index (χ0n) is 23.7. The Hall–Kier alpha value is -4.12. The largest absolute Gasteiger partial charge is 0.123 e. The summed E-state index contributed by atoms with van der Waals surface area (Å²) < 4.78 is 0. The van der Waals surface area contributed by atoms with Crippen molar-refractivity contribution in [3.8, 4) is 0 Å². The predicted molar refractivity (Wildman–Crippen MR) is 193 cm³/mol. The van der Waals surface area contributed by atoms with Gasteiger partial charge in [-0.25, -0.2) is 0 Å². The van der Waals surface area contributed by atoms with Gasteiger partial charge in [0.05, 0.1) is 0 Å². The fourth-order valence-electron chi connectivity index (χ4n) is 5.69. The topological polar surface area (TPSA) is 0 Å². The summed E-state index contributed by atoms with van der Waals surface area (Å²) in [6.07, 6.45) is 0. The van der Waals surface area contributed by atoms with E-state index in [0.29, 0.717) is 9.52 Å². The average molecular weight is 601 g/mol. The third kappa shape index (κ3) is 5.90. The molecule has 0 aromatic heterocycles. The molecule has 0 aliphatic rings. The quantitative estimate of drug-likeness (QED) is 0.148. The van der Waals surface area contributed by atoms with Gasteiger partial charge in [0.1, 0.15) is 9.52 Å². The molecule has 0 saturated heterocycles. The van der Waals surface area contributed by atoms with Crippen LogP contribution in [0.2, 0.25) is 0 Å². The third-order valence-electron chi connectivity index (χ3n) is 7.60. The Morgan fingerprint density at radius 3 is 1.19 bits per heavy atom. The lowest BCUT2D eigenvalue weighted by molar-refractivity contribution is 1.74. The van der Waals surface area contributed by atoms with Crippen molar-refractivity contribution >= 4 is 78.3 Å². The molecule has 7 aromatic carbocycles. The molecule has 7 rings (SSSR count). The van der Waals surface area contributed by atoms with Gasteiger partial charge < -0.3 is 0 Å². The molecular weight excluding hydrogens is 570 g/mol. The van der Waals surface area contributed by atoms with Gasteiger partial charge in [-0.05, 0) is 63.6 Å². The van der Waals surface area contributed by atoms with Gasteiger partial charge in [-0.1, -0.05) is 187 Å². The Balaban J connectivity index is 1.40. The van der Waals surface area contributed by atoms with E-state index < -0.39 is 15.8 Å². The average Bonchev–Trinajstić information content (AvgIpc) is 3.08. The highest BCUT2D eigenvalue weighted by molar-refractivity contribution is 7.80. The number of rotatable bonds is 8. The smallest absolute Gasteiger partial charge is 0.0625 e. The van der Waals surface area contributed by atoms with Gasteiger partial charge in [-0.2, -0.15) is 0 Å². The molecule has 0 heterocycles. The molecule has 0 unspecified atom stereocenters. The minimum Gasteiger partial charge on any atom is -0.0625 e. The Bertz CT molecular complexity index is 1860. The molecule has 0 spiro atoms. The van der Waals surface area contributed by atoms with Crippen LogP contribution in [0.15, 0.2) is 182 Å². The molecule has 0 fully saturated rings. The molecule has 204 valence electrons. The minimum absolute atomic E-state index is 0.543. The van der Waals surface area contributed by atoms with Gasteiger partial charge in [0, 0.05) is 0 Å². The summed E-state index contributed by atoms with van der Waals surface area (Å²) in [6.45, 7) is 0. The number of benzene rings is 7. The second-order valence-corrected chi connectivity index (χ2v) is 16.0. The Labute approximate surface area is 259 Å². The maximum absolute atomic E-state index is 2.37. The van der Waals surface area contributed by atoms with Crippen LogP contribution in [0, 0.1) is 0 Å². The van der Waals surface area contributed by atoms with E-state index >= 15 is 0 Å². The summed E-state index contributed by atoms with van der Waals surface area (Å²) in [5, 5.41) is 14.0. The van der Waals surface area contributed by atoms with Crippen LogP contribution in [0.3, 0.4) is 0 Å². The van der Waals surface area contributed by atoms with Gasteiger partial charge >= 0.3 is 0 Å². The summed E-state index contributed by atoms with van der Waals surface area (Å²) >= 11 is 0. The van der Waals surface area contributed by atoms with E-state index in [1.54, 1.807) is 0 Å². The van der Waals surface area contributed by atoms with Crippen LogP contribution < -0.4 is 42.2 Å². The SMILES string of the molecule is c1ccc(P(c2ccccc2)c2ccccc2[Si]c2cccc3cccc(P(c4ccccc4)c4ccccc4)c23)cc1. The summed E-state index contributed by atoms with van der Waals surface area (Å²) in [5.41, 5.74) is 0. The van der Waals surface area contributed by atoms with Crippen LogP contribution in [0.5, 0.6) is 0 Å². The standard InChI is InChI=1S/C40H30P2Si/c1-5-19-32(20-6-1)41(33-21-7-2-8-22-33)36-27-13-14-29-38(36)43-39-30-16-18-31-17-15-28-37(40(31)39)42(34-23-9-3-10-24-34)35-25-11-4-12-26-35/h1-30H. The predicted octanol–water partition coefficient (Wildman–Crippen LogP) is 6.01. The lowest BCUT2D eigenvalue weighted by Gasteiger charge is -2.24. The highest BCUT2D eigenvalue weighted by Crippen LogP contribution is 2.35. The first-order valence-corrected chi connectivity index (χ1v) is 18.2. The van der Waals surface area contributed by atoms with E-state index in [-0.39, 0.29) is 0 Å². The molecule has 2 radical (unpaired) electrons. The van der Waals surface area contributed by atoms with E-state index in [1.807, 2.05) is 0 Å². The first kappa shape index (κ1) is 27.7. The van der Waals surface area contributed by atoms with Crippen molar-refractivity contribution in [3.05, 3.63) is 182 Å². The van der Waals surface area contributed by atoms with E-state index in [1.165, 1.54) is 53.0 Å². The molecule has 0 nitrogen and oxygen atoms in total. The van der Waals surface area contributed by atoms with Gasteiger partial charge in [-0.15, -0.1) is 0 Å². The van der Waals surface area contributed by atoms with Crippen LogP contribution in [0.1, 0.15) is 0 Å². The number of fused-ring (bicyclic) bond motifs is 1. The van der Waals surface area contributed by atoms with Crippen molar-refractivity contribution < 1.29 is 0 Å². The first-order chi connectivity index (χ1) is 21.4. The molecule has 0 amide bonds. The van der Waals surface area contributed by atoms with Crippen LogP contribution in [0.4, 0.5) is 0 Å². The van der Waals surface area contributed by atoms with Crippen molar-refractivity contribution in [2.24, 2.45) is 0 Å². The first-order valence-electron chi connectivity index (χ1n) is 14.5. The number of hydrogen-bond donors (Lipinski definition) is 0. The zero-order chi connectivity index (χ0) is 28.8. The molecule has 3 heteroatoms. The van der Waals surface area contributed by atoms with Crippen LogP contribution in [-0.4, -0.2) is 9.52 Å². The van der Waals surface area contributed by atoms with Crippen LogP contribution in [0.25, 0.3) is 10.8 Å². The monoisotopic (exact) mass is 600 g/mol. The van der Waals surface area contributed by atoms with Gasteiger partial charge in [-0.3, -0.25) is 0 Å². The van der Waals surface area contributed by atoms with Crippen LogP contribution >= 0.6 is 15.8 Å². The fourth-order valence-corrected chi connectivity index (χ4v) is 12.4. The lowest BCUT2D eigenvalue weighted by Crippen LogP contribution is -2.40. The molecule has 0 N–H and O–H groups in total. The molecule has 0 saturated carbocycles. The van der Waals surface area contributed by atoms with Crippen molar-refractivity contribution in [1.82, 2.24) is 0 Å². The van der Waals surface area contributed by atoms with Crippen LogP contribution in [-0.2, 0) is 0 Å². The molecule has 0 aliphatic carbocycles. The molecule has 0 aliphatic heterocycles. The van der Waals surface area contributed by atoms with Crippen molar-refractivity contribution in [3.63, 3.8) is 0 Å². The van der Waals surface area contributed by atoms with Gasteiger partial charge in [0.2, 0.25) is 0 Å². The summed E-state index contributed by atoms with van der Waals surface area (Å²) in [6, 6.07) is 67.1. The fraction of sp³-hybridized carbons (Fsp3) is 0. The molecule has 7 aromatic rings. The number of hydrogen-bond acceptors (Lipinski definition) is 0. The Morgan fingerprint density at radius 2 is 0.674 bits per heavy atom. The Kier molecular flexibility index (Phi) is 8.39. The lowest BCUT2D eigenvalue weighted by atomic mass is 10.1. The van der Waals surface area contributed by atoms with Crippen molar-refractivity contribution in [2.45, 2.75) is 0 Å². The zero-order valence-corrected chi connectivity index (χ0v) is 26.5. The minimum atomic E-state index is -0.720. The molecule has 0 atom stereocenters. The molecular formula is C40H30P2Si. The highest BCUT2D eigenvalue weighted by Gasteiger charge is 2.23. The van der Waals surface area contributed by atoms with Crippen molar-refractivity contribution in [1.29, 1.82) is 0 Å². The summed E-state index contributed by atoms with van der Waals surface area (Å²) in [4.78, 5) is 0. The molecule has 43 heavy (non-hydrogen) atoms. The van der Waals surface area contributed by atoms with Gasteiger partial charge in [0.25, 0.3) is 0 Å².